The van der Waals surface area contributed by atoms with Gasteiger partial charge in [0.15, 0.2) is 4.80 Å². The lowest BCUT2D eigenvalue weighted by atomic mass is 9.96. The van der Waals surface area contributed by atoms with Gasteiger partial charge in [0.1, 0.15) is 23.9 Å². The lowest BCUT2D eigenvalue weighted by Gasteiger charge is -2.24. The Morgan fingerprint density at radius 1 is 0.917 bits per heavy atom. The molecule has 0 bridgehead atoms. The summed E-state index contributed by atoms with van der Waals surface area (Å²) in [7, 11) is 0. The quantitative estimate of drug-likeness (QED) is 0.163. The van der Waals surface area contributed by atoms with Crippen molar-refractivity contribution >= 4 is 23.4 Å². The minimum Gasteiger partial charge on any atom is -0.494 e. The average Bonchev–Trinajstić information content (AvgIpc) is 3.53. The van der Waals surface area contributed by atoms with Crippen molar-refractivity contribution in [1.82, 2.24) is 9.13 Å². The smallest absolute Gasteiger partial charge is 0.338 e. The first-order valence-electron chi connectivity index (χ1n) is 15.8. The summed E-state index contributed by atoms with van der Waals surface area (Å²) in [6, 6.07) is 22.8. The van der Waals surface area contributed by atoms with Gasteiger partial charge in [0.2, 0.25) is 0 Å². The summed E-state index contributed by atoms with van der Waals surface area (Å²) in [5, 5.41) is 0. The van der Waals surface area contributed by atoms with Crippen LogP contribution in [0.4, 0.5) is 4.39 Å². The number of esters is 1. The molecule has 0 radical (unpaired) electrons. The molecular weight excluding hydrogens is 629 g/mol. The Labute approximate surface area is 281 Å². The van der Waals surface area contributed by atoms with Crippen molar-refractivity contribution in [2.75, 3.05) is 13.2 Å². The Hall–Kier alpha value is -5.22. The van der Waals surface area contributed by atoms with E-state index in [1.165, 1.54) is 23.5 Å². The maximum atomic E-state index is 14.1. The van der Waals surface area contributed by atoms with Crippen LogP contribution in [0.2, 0.25) is 0 Å². The molecule has 1 aliphatic rings. The minimum absolute atomic E-state index is 0.206. The highest BCUT2D eigenvalue weighted by atomic mass is 32.1. The van der Waals surface area contributed by atoms with Crippen LogP contribution in [-0.4, -0.2) is 28.3 Å². The summed E-state index contributed by atoms with van der Waals surface area (Å²) in [5.74, 6) is 0.628. The molecule has 0 amide bonds. The Morgan fingerprint density at radius 3 is 2.25 bits per heavy atom. The van der Waals surface area contributed by atoms with Crippen molar-refractivity contribution in [3.63, 3.8) is 0 Å². The monoisotopic (exact) mass is 665 g/mol. The van der Waals surface area contributed by atoms with Gasteiger partial charge in [-0.25, -0.2) is 14.2 Å². The van der Waals surface area contributed by atoms with E-state index in [0.717, 1.165) is 33.8 Å². The molecule has 3 aromatic carbocycles. The van der Waals surface area contributed by atoms with Crippen LogP contribution in [0.25, 0.3) is 11.8 Å². The molecule has 1 aliphatic heterocycles. The van der Waals surface area contributed by atoms with Crippen LogP contribution in [0, 0.1) is 19.7 Å². The van der Waals surface area contributed by atoms with Crippen molar-refractivity contribution in [1.29, 1.82) is 0 Å². The number of hydrogen-bond acceptors (Lipinski definition) is 7. The lowest BCUT2D eigenvalue weighted by molar-refractivity contribution is -0.139. The highest BCUT2D eigenvalue weighted by Crippen LogP contribution is 2.32. The van der Waals surface area contributed by atoms with Gasteiger partial charge in [-0.2, -0.15) is 0 Å². The number of thiazole rings is 1. The number of halogens is 1. The number of nitrogens with zero attached hydrogens (tertiary/aromatic N) is 3. The third kappa shape index (κ3) is 6.48. The predicted molar refractivity (Wildman–Crippen MR) is 184 cm³/mol. The van der Waals surface area contributed by atoms with Crippen LogP contribution < -0.4 is 24.4 Å². The molecule has 0 saturated heterocycles. The summed E-state index contributed by atoms with van der Waals surface area (Å²) in [4.78, 5) is 32.6. The van der Waals surface area contributed by atoms with E-state index < -0.39 is 12.0 Å². The Kier molecular flexibility index (Phi) is 9.45. The standard InChI is InChI=1S/C38H36FN3O5S/c1-6-45-31-16-10-27(11-17-31)35-34(37(44)46-7-2)24(4)40-38-42(35)36(43)33(48-38)21-28-20-23(3)41(25(28)5)30-14-18-32(19-15-30)47-22-26-8-12-29(39)13-9-26/h8-21,35H,6-7,22H2,1-5H3/b33-21-/t35-/m1/s1. The molecule has 0 spiro atoms. The number of aromatic nitrogens is 2. The molecule has 0 N–H and O–H groups in total. The Bertz CT molecular complexity index is 2180. The van der Waals surface area contributed by atoms with Gasteiger partial charge in [0, 0.05) is 17.1 Å². The summed E-state index contributed by atoms with van der Waals surface area (Å²) in [6.07, 6.45) is 1.89. The van der Waals surface area contributed by atoms with E-state index in [1.807, 2.05) is 81.4 Å². The van der Waals surface area contributed by atoms with E-state index in [9.17, 15) is 14.0 Å². The second kappa shape index (κ2) is 13.9. The van der Waals surface area contributed by atoms with Crippen molar-refractivity contribution in [3.05, 3.63) is 144 Å². The van der Waals surface area contributed by atoms with Crippen molar-refractivity contribution in [2.24, 2.45) is 4.99 Å². The van der Waals surface area contributed by atoms with E-state index in [-0.39, 0.29) is 18.0 Å². The minimum atomic E-state index is -0.700. The van der Waals surface area contributed by atoms with Crippen LogP contribution in [0.15, 0.2) is 99.9 Å². The number of ether oxygens (including phenoxy) is 3. The van der Waals surface area contributed by atoms with Gasteiger partial charge in [-0.3, -0.25) is 9.36 Å². The number of allylic oxidation sites excluding steroid dienone is 1. The van der Waals surface area contributed by atoms with Gasteiger partial charge < -0.3 is 18.8 Å². The van der Waals surface area contributed by atoms with Gasteiger partial charge in [-0.05, 0) is 112 Å². The number of carbonyl (C=O) groups is 1. The fraction of sp³-hybridized carbons (Fsp3) is 0.237. The zero-order valence-electron chi connectivity index (χ0n) is 27.5. The molecule has 48 heavy (non-hydrogen) atoms. The maximum absolute atomic E-state index is 14.1. The van der Waals surface area contributed by atoms with Crippen LogP contribution in [-0.2, 0) is 16.1 Å². The first-order valence-corrected chi connectivity index (χ1v) is 16.6. The summed E-state index contributed by atoms with van der Waals surface area (Å²) in [5.41, 5.74) is 6.06. The fourth-order valence-corrected chi connectivity index (χ4v) is 6.97. The van der Waals surface area contributed by atoms with Crippen molar-refractivity contribution < 1.29 is 23.4 Å². The number of carbonyl (C=O) groups excluding carboxylic acids is 1. The number of rotatable bonds is 10. The highest BCUT2D eigenvalue weighted by Gasteiger charge is 2.33. The molecule has 2 aromatic heterocycles. The Balaban J connectivity index is 1.34. The van der Waals surface area contributed by atoms with Gasteiger partial charge in [-0.15, -0.1) is 0 Å². The number of fused-ring (bicyclic) bond motifs is 1. The number of aryl methyl sites for hydroxylation is 1. The third-order valence-electron chi connectivity index (χ3n) is 8.19. The maximum Gasteiger partial charge on any atom is 0.338 e. The SMILES string of the molecule is CCOC(=O)C1=C(C)N=c2s/c(=C\c3cc(C)n(-c4ccc(OCc5ccc(F)cc5)cc4)c3C)c(=O)n2[C@@H]1c1ccc(OCC)cc1. The largest absolute Gasteiger partial charge is 0.494 e. The van der Waals surface area contributed by atoms with Crippen LogP contribution in [0.1, 0.15) is 54.9 Å². The van der Waals surface area contributed by atoms with Crippen LogP contribution in [0.5, 0.6) is 11.5 Å². The van der Waals surface area contributed by atoms with Crippen molar-refractivity contribution in [3.8, 4) is 17.2 Å². The summed E-state index contributed by atoms with van der Waals surface area (Å²) < 4.78 is 34.4. The average molecular weight is 666 g/mol. The summed E-state index contributed by atoms with van der Waals surface area (Å²) in [6.45, 7) is 10.5. The zero-order valence-corrected chi connectivity index (χ0v) is 28.3. The molecular formula is C38H36FN3O5S. The molecule has 0 aliphatic carbocycles. The molecule has 3 heterocycles. The topological polar surface area (TPSA) is 84.0 Å². The second-order valence-electron chi connectivity index (χ2n) is 11.4. The normalized spacial score (nSPS) is 14.5. The predicted octanol–water partition coefficient (Wildman–Crippen LogP) is 6.32. The number of hydrogen-bond donors (Lipinski definition) is 0. The van der Waals surface area contributed by atoms with E-state index in [2.05, 4.69) is 4.57 Å². The van der Waals surface area contributed by atoms with Crippen molar-refractivity contribution in [2.45, 2.75) is 47.3 Å². The lowest BCUT2D eigenvalue weighted by Crippen LogP contribution is -2.39. The first kappa shape index (κ1) is 32.7. The van der Waals surface area contributed by atoms with E-state index in [1.54, 1.807) is 30.5 Å². The second-order valence-corrected chi connectivity index (χ2v) is 12.4. The first-order chi connectivity index (χ1) is 23.2. The summed E-state index contributed by atoms with van der Waals surface area (Å²) >= 11 is 1.29. The van der Waals surface area contributed by atoms with E-state index in [4.69, 9.17) is 19.2 Å². The van der Waals surface area contributed by atoms with Crippen LogP contribution >= 0.6 is 11.3 Å². The third-order valence-corrected chi connectivity index (χ3v) is 9.18. The molecule has 5 aromatic rings. The molecule has 6 rings (SSSR count). The van der Waals surface area contributed by atoms with E-state index in [0.29, 0.717) is 45.3 Å². The molecule has 0 fully saturated rings. The molecule has 246 valence electrons. The molecule has 0 unspecified atom stereocenters. The highest BCUT2D eigenvalue weighted by molar-refractivity contribution is 7.07. The Morgan fingerprint density at radius 2 is 1.58 bits per heavy atom. The zero-order chi connectivity index (χ0) is 33.9. The van der Waals surface area contributed by atoms with Gasteiger partial charge in [0.05, 0.1) is 35.1 Å². The number of benzene rings is 3. The van der Waals surface area contributed by atoms with E-state index >= 15 is 0 Å². The van der Waals surface area contributed by atoms with Gasteiger partial charge >= 0.3 is 5.97 Å². The van der Waals surface area contributed by atoms with Gasteiger partial charge in [0.25, 0.3) is 5.56 Å². The molecule has 10 heteroatoms. The molecule has 0 saturated carbocycles. The molecule has 1 atom stereocenters. The fourth-order valence-electron chi connectivity index (χ4n) is 5.93. The van der Waals surface area contributed by atoms with Gasteiger partial charge in [-0.1, -0.05) is 35.6 Å². The molecule has 8 nitrogen and oxygen atoms in total. The van der Waals surface area contributed by atoms with Crippen LogP contribution in [0.3, 0.4) is 0 Å².